The maximum atomic E-state index is 12.3. The summed E-state index contributed by atoms with van der Waals surface area (Å²) >= 11 is 1.24. The van der Waals surface area contributed by atoms with E-state index in [0.717, 1.165) is 11.4 Å². The van der Waals surface area contributed by atoms with Gasteiger partial charge < -0.3 is 24.8 Å². The van der Waals surface area contributed by atoms with Gasteiger partial charge >= 0.3 is 12.0 Å². The molecule has 10 heteroatoms. The predicted molar refractivity (Wildman–Crippen MR) is 109 cm³/mol. The van der Waals surface area contributed by atoms with E-state index in [1.165, 1.54) is 11.8 Å². The van der Waals surface area contributed by atoms with Crippen molar-refractivity contribution in [2.75, 3.05) is 56.9 Å². The molecule has 2 aliphatic heterocycles. The molecule has 0 atom stereocenters. The Morgan fingerprint density at radius 2 is 1.69 bits per heavy atom. The van der Waals surface area contributed by atoms with E-state index in [2.05, 4.69) is 5.32 Å². The van der Waals surface area contributed by atoms with Crippen molar-refractivity contribution in [3.05, 3.63) is 30.3 Å². The number of nitrogens with zero attached hydrogens (tertiary/aromatic N) is 3. The molecule has 0 radical (unpaired) electrons. The third-order valence-corrected chi connectivity index (χ3v) is 5.62. The molecular weight excluding hydrogens is 396 g/mol. The molecule has 1 aromatic carbocycles. The number of nitrogens with one attached hydrogen (secondary N) is 1. The molecule has 0 bridgehead atoms. The van der Waals surface area contributed by atoms with Crippen LogP contribution in [0.3, 0.4) is 0 Å². The number of carbonyl (C=O) groups excluding carboxylic acids is 4. The van der Waals surface area contributed by atoms with E-state index in [9.17, 15) is 19.2 Å². The van der Waals surface area contributed by atoms with Gasteiger partial charge in [0.15, 0.2) is 6.61 Å². The predicted octanol–water partition coefficient (Wildman–Crippen LogP) is 1.46. The van der Waals surface area contributed by atoms with Crippen molar-refractivity contribution in [3.63, 3.8) is 0 Å². The van der Waals surface area contributed by atoms with E-state index in [0.29, 0.717) is 39.3 Å². The normalized spacial score (nSPS) is 16.7. The molecule has 0 aromatic heterocycles. The summed E-state index contributed by atoms with van der Waals surface area (Å²) in [6.45, 7) is 2.22. The number of para-hydroxylation sites is 1. The Morgan fingerprint density at radius 3 is 2.34 bits per heavy atom. The summed E-state index contributed by atoms with van der Waals surface area (Å²) in [6.07, 6.45) is 0.0764. The number of amides is 4. The Hall–Kier alpha value is -2.75. The number of piperazine rings is 1. The van der Waals surface area contributed by atoms with Crippen LogP contribution in [0.15, 0.2) is 30.3 Å². The zero-order valence-electron chi connectivity index (χ0n) is 16.0. The van der Waals surface area contributed by atoms with E-state index < -0.39 is 5.97 Å². The van der Waals surface area contributed by atoms with Crippen molar-refractivity contribution in [3.8, 4) is 0 Å². The average molecular weight is 420 g/mol. The van der Waals surface area contributed by atoms with Gasteiger partial charge in [0.1, 0.15) is 0 Å². The van der Waals surface area contributed by atoms with E-state index in [4.69, 9.17) is 4.74 Å². The second kappa shape index (κ2) is 10.1. The van der Waals surface area contributed by atoms with E-state index in [1.54, 1.807) is 14.7 Å². The minimum Gasteiger partial charge on any atom is -0.456 e. The third-order valence-electron chi connectivity index (χ3n) is 4.73. The third kappa shape index (κ3) is 6.11. The van der Waals surface area contributed by atoms with E-state index >= 15 is 0 Å². The first-order valence-electron chi connectivity index (χ1n) is 9.49. The second-order valence-corrected chi connectivity index (χ2v) is 7.72. The van der Waals surface area contributed by atoms with E-state index in [1.807, 2.05) is 30.3 Å². The Balaban J connectivity index is 1.33. The highest BCUT2D eigenvalue weighted by molar-refractivity contribution is 8.13. The van der Waals surface area contributed by atoms with Gasteiger partial charge in [0.2, 0.25) is 0 Å². The average Bonchev–Trinajstić information content (AvgIpc) is 3.16. The summed E-state index contributed by atoms with van der Waals surface area (Å²) in [5.41, 5.74) is 0.720. The maximum absolute atomic E-state index is 12.3. The van der Waals surface area contributed by atoms with Gasteiger partial charge in [0.25, 0.3) is 11.1 Å². The summed E-state index contributed by atoms with van der Waals surface area (Å²) in [7, 11) is 0. The first kappa shape index (κ1) is 21.0. The quantitative estimate of drug-likeness (QED) is 0.700. The zero-order valence-corrected chi connectivity index (χ0v) is 16.9. The molecule has 0 unspecified atom stereocenters. The number of urea groups is 1. The highest BCUT2D eigenvalue weighted by atomic mass is 32.2. The van der Waals surface area contributed by atoms with Crippen LogP contribution in [0.4, 0.5) is 15.3 Å². The topological polar surface area (TPSA) is 99.3 Å². The lowest BCUT2D eigenvalue weighted by Gasteiger charge is -2.34. The lowest BCUT2D eigenvalue weighted by atomic mass is 10.3. The van der Waals surface area contributed by atoms with Gasteiger partial charge in [-0.25, -0.2) is 4.79 Å². The van der Waals surface area contributed by atoms with Gasteiger partial charge in [-0.15, -0.1) is 0 Å². The monoisotopic (exact) mass is 420 g/mol. The number of hydrogen-bond donors (Lipinski definition) is 1. The summed E-state index contributed by atoms with van der Waals surface area (Å²) in [5, 5.41) is 2.80. The molecule has 2 aliphatic rings. The minimum absolute atomic E-state index is 0.0250. The SMILES string of the molecule is O=C(CCN1CCSC1=O)OCC(=O)N1CCN(C(=O)Nc2ccccc2)CC1. The molecule has 1 N–H and O–H groups in total. The van der Waals surface area contributed by atoms with Crippen LogP contribution in [0.5, 0.6) is 0 Å². The minimum atomic E-state index is -0.496. The van der Waals surface area contributed by atoms with Gasteiger partial charge in [-0.05, 0) is 12.1 Å². The van der Waals surface area contributed by atoms with E-state index in [-0.39, 0.29) is 30.2 Å². The summed E-state index contributed by atoms with van der Waals surface area (Å²) in [5.74, 6) is -0.0416. The van der Waals surface area contributed by atoms with Crippen LogP contribution in [-0.4, -0.2) is 89.5 Å². The molecule has 1 aromatic rings. The Bertz CT molecular complexity index is 752. The second-order valence-electron chi connectivity index (χ2n) is 6.68. The van der Waals surface area contributed by atoms with Gasteiger partial charge in [0, 0.05) is 50.7 Å². The van der Waals surface area contributed by atoms with Crippen LogP contribution in [0, 0.1) is 0 Å². The maximum Gasteiger partial charge on any atom is 0.321 e. The lowest BCUT2D eigenvalue weighted by molar-refractivity contribution is -0.152. The highest BCUT2D eigenvalue weighted by Gasteiger charge is 2.25. The first-order valence-corrected chi connectivity index (χ1v) is 10.5. The molecule has 0 aliphatic carbocycles. The Kier molecular flexibility index (Phi) is 7.34. The number of benzene rings is 1. The molecule has 9 nitrogen and oxygen atoms in total. The molecule has 2 heterocycles. The van der Waals surface area contributed by atoms with Gasteiger partial charge in [-0.3, -0.25) is 14.4 Å². The van der Waals surface area contributed by atoms with Gasteiger partial charge in [0.05, 0.1) is 6.42 Å². The molecule has 2 fully saturated rings. The summed E-state index contributed by atoms with van der Waals surface area (Å²) < 4.78 is 5.04. The van der Waals surface area contributed by atoms with Gasteiger partial charge in [-0.1, -0.05) is 30.0 Å². The zero-order chi connectivity index (χ0) is 20.6. The first-order chi connectivity index (χ1) is 14.0. The van der Waals surface area contributed by atoms with Crippen LogP contribution in [0.2, 0.25) is 0 Å². The number of anilines is 1. The number of esters is 1. The number of ether oxygens (including phenoxy) is 1. The molecule has 0 saturated carbocycles. The van der Waals surface area contributed by atoms with Crippen molar-refractivity contribution in [1.82, 2.24) is 14.7 Å². The number of rotatable bonds is 6. The van der Waals surface area contributed by atoms with Crippen molar-refractivity contribution >= 4 is 40.6 Å². The molecule has 29 heavy (non-hydrogen) atoms. The van der Waals surface area contributed by atoms with Crippen molar-refractivity contribution in [2.24, 2.45) is 0 Å². The lowest BCUT2D eigenvalue weighted by Crippen LogP contribution is -2.52. The van der Waals surface area contributed by atoms with Crippen LogP contribution in [-0.2, 0) is 14.3 Å². The fraction of sp³-hybridized carbons (Fsp3) is 0.474. The number of thioether (sulfide) groups is 1. The van der Waals surface area contributed by atoms with Crippen LogP contribution < -0.4 is 5.32 Å². The van der Waals surface area contributed by atoms with Crippen molar-refractivity contribution < 1.29 is 23.9 Å². The van der Waals surface area contributed by atoms with Crippen LogP contribution in [0.25, 0.3) is 0 Å². The van der Waals surface area contributed by atoms with Crippen molar-refractivity contribution in [2.45, 2.75) is 6.42 Å². The van der Waals surface area contributed by atoms with Crippen LogP contribution in [0.1, 0.15) is 6.42 Å². The fourth-order valence-electron chi connectivity index (χ4n) is 3.04. The molecule has 3 rings (SSSR count). The summed E-state index contributed by atoms with van der Waals surface area (Å²) in [6, 6.07) is 8.97. The number of hydrogen-bond acceptors (Lipinski definition) is 6. The van der Waals surface area contributed by atoms with Crippen LogP contribution >= 0.6 is 11.8 Å². The molecule has 156 valence electrons. The largest absolute Gasteiger partial charge is 0.456 e. The molecule has 2 saturated heterocycles. The Labute approximate surface area is 173 Å². The summed E-state index contributed by atoms with van der Waals surface area (Å²) in [4.78, 5) is 52.6. The van der Waals surface area contributed by atoms with Gasteiger partial charge in [-0.2, -0.15) is 0 Å². The smallest absolute Gasteiger partial charge is 0.321 e. The molecule has 0 spiro atoms. The Morgan fingerprint density at radius 1 is 1.00 bits per heavy atom. The fourth-order valence-corrected chi connectivity index (χ4v) is 3.90. The molecular formula is C19H24N4O5S. The highest BCUT2D eigenvalue weighted by Crippen LogP contribution is 2.17. The number of carbonyl (C=O) groups is 4. The molecule has 4 amide bonds. The standard InChI is InChI=1S/C19H24N4O5S/c24-16(14-28-17(25)6-7-23-12-13-29-19(23)27)21-8-10-22(11-9-21)18(26)20-15-4-2-1-3-5-15/h1-5H,6-14H2,(H,20,26). The van der Waals surface area contributed by atoms with Crippen molar-refractivity contribution in [1.29, 1.82) is 0 Å².